The van der Waals surface area contributed by atoms with Crippen LogP contribution in [0.15, 0.2) is 60.7 Å². The van der Waals surface area contributed by atoms with Crippen molar-refractivity contribution in [2.45, 2.75) is 39.2 Å². The molecular weight excluding hydrogens is 552 g/mol. The number of hydrogen-bond acceptors (Lipinski definition) is 4. The summed E-state index contributed by atoms with van der Waals surface area (Å²) in [6, 6.07) is 11.4. The molecule has 7 nitrogen and oxygen atoms in total. The number of alkyl halides is 6. The maximum atomic E-state index is 13.5. The lowest BCUT2D eigenvalue weighted by molar-refractivity contribution is -0.138. The van der Waals surface area contributed by atoms with E-state index in [1.165, 1.54) is 30.3 Å². The lowest BCUT2D eigenvalue weighted by atomic mass is 10.1. The van der Waals surface area contributed by atoms with Crippen LogP contribution < -0.4 is 16.2 Å². The number of carbonyl (C=O) groups excluding carboxylic acids is 2. The number of fused-ring (bicyclic) bond motifs is 1. The molecule has 4 rings (SSSR count). The van der Waals surface area contributed by atoms with Gasteiger partial charge in [0.25, 0.3) is 11.8 Å². The van der Waals surface area contributed by atoms with Crippen LogP contribution in [0.25, 0.3) is 11.0 Å². The van der Waals surface area contributed by atoms with Crippen molar-refractivity contribution in [3.63, 3.8) is 0 Å². The van der Waals surface area contributed by atoms with Crippen molar-refractivity contribution < 1.29 is 35.9 Å². The molecule has 0 aliphatic rings. The number of hydrazine groups is 1. The van der Waals surface area contributed by atoms with Crippen molar-refractivity contribution in [2.24, 2.45) is 11.8 Å². The van der Waals surface area contributed by atoms with E-state index in [9.17, 15) is 35.9 Å². The Hall–Kier alpha value is -4.39. The minimum absolute atomic E-state index is 0.138. The summed E-state index contributed by atoms with van der Waals surface area (Å²) < 4.78 is 80.9. The van der Waals surface area contributed by atoms with Gasteiger partial charge in [-0.1, -0.05) is 44.2 Å². The third-order valence-corrected chi connectivity index (χ3v) is 6.19. The molecule has 0 unspecified atom stereocenters. The summed E-state index contributed by atoms with van der Waals surface area (Å²) in [5.74, 6) is 4.62. The number of aromatic amines is 1. The van der Waals surface area contributed by atoms with Crippen LogP contribution >= 0.6 is 0 Å². The largest absolute Gasteiger partial charge is 0.417 e. The van der Waals surface area contributed by atoms with Gasteiger partial charge >= 0.3 is 12.4 Å². The summed E-state index contributed by atoms with van der Waals surface area (Å²) in [6.45, 7) is 3.39. The molecule has 0 bridgehead atoms. The topological polar surface area (TPSA) is 104 Å². The zero-order chi connectivity index (χ0) is 30.1. The van der Waals surface area contributed by atoms with E-state index in [1.54, 1.807) is 0 Å². The highest BCUT2D eigenvalue weighted by atomic mass is 19.4. The molecule has 0 radical (unpaired) electrons. The summed E-state index contributed by atoms with van der Waals surface area (Å²) in [5.41, 5.74) is -2.86. The van der Waals surface area contributed by atoms with E-state index in [2.05, 4.69) is 15.3 Å². The monoisotopic (exact) mass is 577 g/mol. The van der Waals surface area contributed by atoms with E-state index in [0.717, 1.165) is 30.3 Å². The van der Waals surface area contributed by atoms with Gasteiger partial charge in [-0.2, -0.15) is 26.3 Å². The smallest absolute Gasteiger partial charge is 0.348 e. The Balaban J connectivity index is 1.74. The number of hydrogen-bond donors (Lipinski definition) is 3. The van der Waals surface area contributed by atoms with E-state index in [-0.39, 0.29) is 33.8 Å². The van der Waals surface area contributed by atoms with Crippen LogP contribution in [0, 0.1) is 5.92 Å². The van der Waals surface area contributed by atoms with Gasteiger partial charge in [-0.25, -0.2) is 15.8 Å². The molecule has 4 N–H and O–H groups in total. The summed E-state index contributed by atoms with van der Waals surface area (Å²) in [4.78, 5) is 33.8. The van der Waals surface area contributed by atoms with Crippen molar-refractivity contribution in [3.05, 3.63) is 94.3 Å². The third-order valence-electron chi connectivity index (χ3n) is 6.19. The molecule has 1 heterocycles. The summed E-state index contributed by atoms with van der Waals surface area (Å²) in [5, 5.41) is 2.92. The van der Waals surface area contributed by atoms with Gasteiger partial charge in [-0.3, -0.25) is 9.59 Å². The minimum Gasteiger partial charge on any atom is -0.348 e. The van der Waals surface area contributed by atoms with E-state index in [4.69, 9.17) is 5.84 Å². The third kappa shape index (κ3) is 6.51. The van der Waals surface area contributed by atoms with Gasteiger partial charge in [0.15, 0.2) is 0 Å². The van der Waals surface area contributed by atoms with Gasteiger partial charge in [-0.05, 0) is 41.8 Å². The van der Waals surface area contributed by atoms with Crippen molar-refractivity contribution >= 4 is 28.5 Å². The molecule has 216 valence electrons. The van der Waals surface area contributed by atoms with Gasteiger partial charge < -0.3 is 10.3 Å². The Morgan fingerprint density at radius 1 is 0.927 bits per heavy atom. The highest BCUT2D eigenvalue weighted by Crippen LogP contribution is 2.34. The van der Waals surface area contributed by atoms with E-state index >= 15 is 0 Å². The fraction of sp³-hybridized carbons (Fsp3) is 0.250. The molecule has 41 heavy (non-hydrogen) atoms. The van der Waals surface area contributed by atoms with Gasteiger partial charge in [0, 0.05) is 13.0 Å². The molecule has 13 heteroatoms. The molecule has 0 spiro atoms. The summed E-state index contributed by atoms with van der Waals surface area (Å²) >= 11 is 0. The van der Waals surface area contributed by atoms with E-state index < -0.39 is 47.4 Å². The number of nitrogens with two attached hydrogens (primary N) is 1. The predicted octanol–water partition coefficient (Wildman–Crippen LogP) is 6.25. The Morgan fingerprint density at radius 2 is 1.54 bits per heavy atom. The van der Waals surface area contributed by atoms with Crippen molar-refractivity contribution in [3.8, 4) is 0 Å². The zero-order valence-electron chi connectivity index (χ0n) is 21.8. The Bertz CT molecular complexity index is 1590. The van der Waals surface area contributed by atoms with Gasteiger partial charge in [0.05, 0.1) is 33.5 Å². The number of aromatic nitrogens is 2. The molecule has 0 aliphatic carbocycles. The van der Waals surface area contributed by atoms with Gasteiger partial charge in [0.2, 0.25) is 0 Å². The number of imidazole rings is 1. The first-order chi connectivity index (χ1) is 19.2. The Kier molecular flexibility index (Phi) is 8.11. The Labute approximate surface area is 230 Å². The first-order valence-electron chi connectivity index (χ1n) is 12.4. The van der Waals surface area contributed by atoms with Gasteiger partial charge in [-0.15, -0.1) is 0 Å². The maximum absolute atomic E-state index is 13.5. The summed E-state index contributed by atoms with van der Waals surface area (Å²) in [7, 11) is 0. The van der Waals surface area contributed by atoms with Crippen LogP contribution in [0.3, 0.4) is 0 Å². The highest BCUT2D eigenvalue weighted by Gasteiger charge is 2.36. The molecule has 0 fully saturated rings. The maximum Gasteiger partial charge on any atom is 0.417 e. The van der Waals surface area contributed by atoms with Crippen LogP contribution in [0.2, 0.25) is 0 Å². The predicted molar refractivity (Wildman–Crippen MR) is 140 cm³/mol. The number of nitrogens with one attached hydrogen (secondary N) is 2. The lowest BCUT2D eigenvalue weighted by Gasteiger charge is -2.20. The fourth-order valence-electron chi connectivity index (χ4n) is 4.33. The second kappa shape index (κ2) is 11.2. The normalized spacial score (nSPS) is 12.1. The number of rotatable bonds is 7. The number of halogens is 6. The van der Waals surface area contributed by atoms with E-state index in [0.29, 0.717) is 17.3 Å². The van der Waals surface area contributed by atoms with Crippen LogP contribution in [-0.4, -0.2) is 21.8 Å². The van der Waals surface area contributed by atoms with Crippen molar-refractivity contribution in [2.75, 3.05) is 5.01 Å². The number of benzene rings is 3. The first-order valence-corrected chi connectivity index (χ1v) is 12.4. The molecule has 2 amide bonds. The number of anilines is 1. The Morgan fingerprint density at radius 3 is 2.17 bits per heavy atom. The molecule has 0 atom stereocenters. The van der Waals surface area contributed by atoms with Crippen LogP contribution in [-0.2, 0) is 25.3 Å². The van der Waals surface area contributed by atoms with E-state index in [1.807, 2.05) is 13.8 Å². The number of amides is 2. The quantitative estimate of drug-likeness (QED) is 0.105. The second-order valence-electron chi connectivity index (χ2n) is 9.73. The van der Waals surface area contributed by atoms with Crippen molar-refractivity contribution in [1.82, 2.24) is 15.3 Å². The number of nitrogens with zero attached hydrogens (tertiary/aromatic N) is 2. The first kappa shape index (κ1) is 29.6. The standard InChI is InChI=1S/C28H25F6N5O2/c1-15(2)11-23-37-22-13-17(39(35)26(41)18-8-4-6-10-21(18)28(32,33)34)12-19(24(22)38-23)25(40)36-14-16-7-3-5-9-20(16)27(29,30)31/h3-10,12-13,15H,11,14,35H2,1-2H3,(H,36,40)(H,37,38). The number of carbonyl (C=O) groups is 2. The molecular formula is C28H25F6N5O2. The SMILES string of the molecule is CC(C)Cc1nc2c(C(=O)NCc3ccccc3C(F)(F)F)cc(N(N)C(=O)c3ccccc3C(F)(F)F)cc2[nH]1. The van der Waals surface area contributed by atoms with Crippen molar-refractivity contribution in [1.29, 1.82) is 0 Å². The highest BCUT2D eigenvalue weighted by molar-refractivity contribution is 6.10. The molecule has 0 saturated heterocycles. The van der Waals surface area contributed by atoms with Crippen LogP contribution in [0.5, 0.6) is 0 Å². The molecule has 0 aliphatic heterocycles. The molecule has 0 saturated carbocycles. The minimum atomic E-state index is -4.83. The fourth-order valence-corrected chi connectivity index (χ4v) is 4.33. The second-order valence-corrected chi connectivity index (χ2v) is 9.73. The van der Waals surface area contributed by atoms with Gasteiger partial charge in [0.1, 0.15) is 11.3 Å². The zero-order valence-corrected chi connectivity index (χ0v) is 21.8. The molecule has 3 aromatic carbocycles. The average Bonchev–Trinajstić information content (AvgIpc) is 3.31. The van der Waals surface area contributed by atoms with Crippen LogP contribution in [0.4, 0.5) is 32.0 Å². The number of H-pyrrole nitrogens is 1. The lowest BCUT2D eigenvalue weighted by Crippen LogP contribution is -2.38. The molecule has 1 aromatic heterocycles. The molecule has 4 aromatic rings. The average molecular weight is 578 g/mol. The summed E-state index contributed by atoms with van der Waals surface area (Å²) in [6.07, 6.45) is -8.99. The van der Waals surface area contributed by atoms with Crippen LogP contribution in [0.1, 0.15) is 57.1 Å².